The van der Waals surface area contributed by atoms with E-state index in [9.17, 15) is 4.79 Å². The second-order valence-corrected chi connectivity index (χ2v) is 7.29. The Morgan fingerprint density at radius 3 is 2.91 bits per heavy atom. The molecule has 1 fully saturated rings. The molecule has 0 aromatic carbocycles. The van der Waals surface area contributed by atoms with Crippen molar-refractivity contribution in [3.8, 4) is 0 Å². The number of nitrogens with zero attached hydrogens (tertiary/aromatic N) is 5. The number of amides is 1. The van der Waals surface area contributed by atoms with Crippen LogP contribution >= 0.6 is 23.1 Å². The summed E-state index contributed by atoms with van der Waals surface area (Å²) in [5, 5.41) is 21.2. The van der Waals surface area contributed by atoms with Crippen LogP contribution in [0.3, 0.4) is 0 Å². The van der Waals surface area contributed by atoms with Gasteiger partial charge in [0.05, 0.1) is 5.75 Å². The van der Waals surface area contributed by atoms with Crippen molar-refractivity contribution in [1.29, 1.82) is 0 Å². The van der Waals surface area contributed by atoms with Crippen LogP contribution in [0, 0.1) is 0 Å². The first-order chi connectivity index (χ1) is 10.7. The van der Waals surface area contributed by atoms with E-state index in [4.69, 9.17) is 0 Å². The zero-order chi connectivity index (χ0) is 15.4. The minimum Gasteiger partial charge on any atom is -0.312 e. The van der Waals surface area contributed by atoms with Crippen molar-refractivity contribution in [3.63, 3.8) is 0 Å². The van der Waals surface area contributed by atoms with Crippen molar-refractivity contribution in [2.75, 3.05) is 11.1 Å². The van der Waals surface area contributed by atoms with Gasteiger partial charge in [-0.2, -0.15) is 0 Å². The predicted molar refractivity (Wildman–Crippen MR) is 86.1 cm³/mol. The molecule has 2 aromatic heterocycles. The van der Waals surface area contributed by atoms with Gasteiger partial charge >= 0.3 is 0 Å². The molecule has 1 aliphatic rings. The number of carbonyl (C=O) groups is 1. The topological polar surface area (TPSA) is 85.6 Å². The molecule has 0 bridgehead atoms. The number of aryl methyl sites for hydroxylation is 1. The summed E-state index contributed by atoms with van der Waals surface area (Å²) in [4.78, 5) is 12.0. The smallest absolute Gasteiger partial charge is 0.236 e. The molecule has 0 unspecified atom stereocenters. The normalized spacial score (nSPS) is 15.9. The Balaban J connectivity index is 1.51. The van der Waals surface area contributed by atoms with Gasteiger partial charge in [0.2, 0.25) is 11.0 Å². The number of hydrogen-bond acceptors (Lipinski definition) is 7. The summed E-state index contributed by atoms with van der Waals surface area (Å²) in [6.07, 6.45) is 7.83. The van der Waals surface area contributed by atoms with Gasteiger partial charge in [0.25, 0.3) is 0 Å². The molecule has 1 saturated carbocycles. The second-order valence-electron chi connectivity index (χ2n) is 5.34. The Labute approximate surface area is 136 Å². The maximum Gasteiger partial charge on any atom is 0.236 e. The SMILES string of the molecule is Cn1cnnc1SCC(=O)Nc1nnc(C2CCCCC2)s1. The average molecular weight is 338 g/mol. The number of aromatic nitrogens is 5. The molecule has 0 spiro atoms. The zero-order valence-corrected chi connectivity index (χ0v) is 14.0. The summed E-state index contributed by atoms with van der Waals surface area (Å²) in [5.74, 6) is 0.703. The van der Waals surface area contributed by atoms with Gasteiger partial charge in [-0.15, -0.1) is 20.4 Å². The van der Waals surface area contributed by atoms with Gasteiger partial charge in [0.1, 0.15) is 11.3 Å². The predicted octanol–water partition coefficient (Wildman–Crippen LogP) is 2.45. The summed E-state index contributed by atoms with van der Waals surface area (Å²) >= 11 is 2.85. The first-order valence-electron chi connectivity index (χ1n) is 7.32. The lowest BCUT2D eigenvalue weighted by molar-refractivity contribution is -0.113. The molecular weight excluding hydrogens is 320 g/mol. The van der Waals surface area contributed by atoms with E-state index < -0.39 is 0 Å². The minimum atomic E-state index is -0.0978. The second kappa shape index (κ2) is 7.19. The quantitative estimate of drug-likeness (QED) is 0.843. The van der Waals surface area contributed by atoms with Crippen molar-refractivity contribution in [1.82, 2.24) is 25.0 Å². The van der Waals surface area contributed by atoms with E-state index in [0.29, 0.717) is 11.0 Å². The molecule has 9 heteroatoms. The molecule has 0 saturated heterocycles. The standard InChI is InChI=1S/C13H18N6OS2/c1-19-8-14-18-13(19)21-7-10(20)15-12-17-16-11(22-12)9-5-3-2-4-6-9/h8-9H,2-7H2,1H3,(H,15,17,20). The van der Waals surface area contributed by atoms with E-state index in [1.165, 1.54) is 55.2 Å². The fourth-order valence-corrected chi connectivity index (χ4v) is 4.10. The summed E-state index contributed by atoms with van der Waals surface area (Å²) in [7, 11) is 1.85. The number of hydrogen-bond donors (Lipinski definition) is 1. The third-order valence-electron chi connectivity index (χ3n) is 3.64. The maximum atomic E-state index is 12.0. The van der Waals surface area contributed by atoms with E-state index in [1.54, 1.807) is 10.9 Å². The molecule has 2 aromatic rings. The Bertz CT molecular complexity index is 634. The third kappa shape index (κ3) is 3.83. The van der Waals surface area contributed by atoms with Gasteiger partial charge in [-0.1, -0.05) is 42.4 Å². The van der Waals surface area contributed by atoms with E-state index in [1.807, 2.05) is 7.05 Å². The number of carbonyl (C=O) groups excluding carboxylic acids is 1. The highest BCUT2D eigenvalue weighted by Crippen LogP contribution is 2.35. The van der Waals surface area contributed by atoms with Gasteiger partial charge in [-0.3, -0.25) is 10.1 Å². The van der Waals surface area contributed by atoms with E-state index >= 15 is 0 Å². The highest BCUT2D eigenvalue weighted by molar-refractivity contribution is 7.99. The molecule has 0 radical (unpaired) electrons. The minimum absolute atomic E-state index is 0.0978. The molecule has 2 heterocycles. The number of anilines is 1. The van der Waals surface area contributed by atoms with Crippen LogP contribution in [0.5, 0.6) is 0 Å². The van der Waals surface area contributed by atoms with Crippen LogP contribution in [0.25, 0.3) is 0 Å². The highest BCUT2D eigenvalue weighted by atomic mass is 32.2. The Morgan fingerprint density at radius 1 is 1.36 bits per heavy atom. The third-order valence-corrected chi connectivity index (χ3v) is 5.68. The Hall–Kier alpha value is -1.48. The van der Waals surface area contributed by atoms with Gasteiger partial charge in [0, 0.05) is 13.0 Å². The van der Waals surface area contributed by atoms with Crippen molar-refractivity contribution in [2.45, 2.75) is 43.2 Å². The molecule has 3 rings (SSSR count). The molecule has 7 nitrogen and oxygen atoms in total. The van der Waals surface area contributed by atoms with E-state index in [2.05, 4.69) is 25.7 Å². The Kier molecular flexibility index (Phi) is 5.04. The first kappa shape index (κ1) is 15.4. The monoisotopic (exact) mass is 338 g/mol. The van der Waals surface area contributed by atoms with Crippen LogP contribution in [0.4, 0.5) is 5.13 Å². The average Bonchev–Trinajstić information content (AvgIpc) is 3.15. The molecule has 0 aliphatic heterocycles. The van der Waals surface area contributed by atoms with E-state index in [-0.39, 0.29) is 11.7 Å². The van der Waals surface area contributed by atoms with Gasteiger partial charge in [-0.05, 0) is 12.8 Å². The molecule has 1 amide bonds. The lowest BCUT2D eigenvalue weighted by atomic mass is 9.90. The van der Waals surface area contributed by atoms with Crippen molar-refractivity contribution in [2.24, 2.45) is 7.05 Å². The largest absolute Gasteiger partial charge is 0.312 e. The number of rotatable bonds is 5. The molecule has 22 heavy (non-hydrogen) atoms. The summed E-state index contributed by atoms with van der Waals surface area (Å²) in [6, 6.07) is 0. The summed E-state index contributed by atoms with van der Waals surface area (Å²) in [6.45, 7) is 0. The van der Waals surface area contributed by atoms with Crippen LogP contribution in [0.15, 0.2) is 11.5 Å². The van der Waals surface area contributed by atoms with E-state index in [0.717, 1.165) is 10.2 Å². The molecular formula is C13H18N6OS2. The van der Waals surface area contributed by atoms with Crippen LogP contribution in [0.2, 0.25) is 0 Å². The number of thioether (sulfide) groups is 1. The van der Waals surface area contributed by atoms with Crippen LogP contribution in [-0.2, 0) is 11.8 Å². The molecule has 1 N–H and O–H groups in total. The Morgan fingerprint density at radius 2 is 2.18 bits per heavy atom. The highest BCUT2D eigenvalue weighted by Gasteiger charge is 2.20. The van der Waals surface area contributed by atoms with Crippen LogP contribution in [-0.4, -0.2) is 36.6 Å². The summed E-state index contributed by atoms with van der Waals surface area (Å²) in [5.41, 5.74) is 0. The number of nitrogens with one attached hydrogen (secondary N) is 1. The first-order valence-corrected chi connectivity index (χ1v) is 9.12. The zero-order valence-electron chi connectivity index (χ0n) is 12.4. The van der Waals surface area contributed by atoms with Crippen LogP contribution < -0.4 is 5.32 Å². The fraction of sp³-hybridized carbons (Fsp3) is 0.615. The summed E-state index contributed by atoms with van der Waals surface area (Å²) < 4.78 is 1.78. The fourth-order valence-electron chi connectivity index (χ4n) is 2.49. The van der Waals surface area contributed by atoms with Gasteiger partial charge in [0.15, 0.2) is 5.16 Å². The molecule has 0 atom stereocenters. The maximum absolute atomic E-state index is 12.0. The van der Waals surface area contributed by atoms with Crippen LogP contribution in [0.1, 0.15) is 43.0 Å². The lowest BCUT2D eigenvalue weighted by Gasteiger charge is -2.18. The van der Waals surface area contributed by atoms with Crippen molar-refractivity contribution < 1.29 is 4.79 Å². The van der Waals surface area contributed by atoms with Crippen molar-refractivity contribution >= 4 is 34.1 Å². The molecule has 1 aliphatic carbocycles. The van der Waals surface area contributed by atoms with Gasteiger partial charge < -0.3 is 4.57 Å². The van der Waals surface area contributed by atoms with Gasteiger partial charge in [-0.25, -0.2) is 0 Å². The molecule has 118 valence electrons. The lowest BCUT2D eigenvalue weighted by Crippen LogP contribution is -2.14. The van der Waals surface area contributed by atoms with Crippen molar-refractivity contribution in [3.05, 3.63) is 11.3 Å².